The fraction of sp³-hybridized carbons (Fsp3) is 0.0714. The van der Waals surface area contributed by atoms with Gasteiger partial charge in [-0.2, -0.15) is 13.2 Å². The first-order chi connectivity index (χ1) is 10.7. The van der Waals surface area contributed by atoms with E-state index in [2.05, 4.69) is 5.32 Å². The number of urea groups is 1. The average molecular weight is 442 g/mol. The summed E-state index contributed by atoms with van der Waals surface area (Å²) in [4.78, 5) is 11.7. The van der Waals surface area contributed by atoms with Crippen LogP contribution in [0.3, 0.4) is 0 Å². The average Bonchev–Trinajstić information content (AvgIpc) is 2.43. The zero-order valence-electron chi connectivity index (χ0n) is 11.1. The molecule has 2 aromatic rings. The predicted octanol–water partition coefficient (Wildman–Crippen LogP) is 5.23. The lowest BCUT2D eigenvalue weighted by Crippen LogP contribution is -2.21. The maximum absolute atomic E-state index is 13.6. The van der Waals surface area contributed by atoms with Gasteiger partial charge in [-0.3, -0.25) is 0 Å². The largest absolute Gasteiger partial charge is 0.416 e. The monoisotopic (exact) mass is 442 g/mol. The normalized spacial score (nSPS) is 11.2. The van der Waals surface area contributed by atoms with E-state index in [-0.39, 0.29) is 5.69 Å². The first-order valence-electron chi connectivity index (χ1n) is 6.06. The van der Waals surface area contributed by atoms with Crippen molar-refractivity contribution in [1.29, 1.82) is 0 Å². The minimum Gasteiger partial charge on any atom is -0.305 e. The SMILES string of the molecule is O=C(Nc1ccc(I)cc1F)Nc1cc(C(F)(F)F)ccc1F. The van der Waals surface area contributed by atoms with E-state index in [1.54, 1.807) is 0 Å². The number of benzene rings is 2. The molecule has 0 bridgehead atoms. The Hall–Kier alpha value is -1.91. The van der Waals surface area contributed by atoms with Crippen LogP contribution in [0.4, 0.5) is 38.1 Å². The van der Waals surface area contributed by atoms with Crippen molar-refractivity contribution >= 4 is 40.0 Å². The summed E-state index contributed by atoms with van der Waals surface area (Å²) in [7, 11) is 0. The molecule has 0 saturated heterocycles. The molecule has 2 amide bonds. The van der Waals surface area contributed by atoms with Gasteiger partial charge in [-0.05, 0) is 59.0 Å². The maximum atomic E-state index is 13.6. The quantitative estimate of drug-likeness (QED) is 0.486. The van der Waals surface area contributed by atoms with Crippen LogP contribution in [0.5, 0.6) is 0 Å². The maximum Gasteiger partial charge on any atom is 0.416 e. The minimum absolute atomic E-state index is 0.185. The highest BCUT2D eigenvalue weighted by atomic mass is 127. The Balaban J connectivity index is 2.17. The fourth-order valence-corrected chi connectivity index (χ4v) is 2.12. The number of rotatable bonds is 2. The molecule has 0 aromatic heterocycles. The Kier molecular flexibility index (Phi) is 5.07. The van der Waals surface area contributed by atoms with E-state index in [1.807, 2.05) is 27.9 Å². The molecular weight excluding hydrogens is 434 g/mol. The Morgan fingerprint density at radius 1 is 0.913 bits per heavy atom. The molecule has 2 N–H and O–H groups in total. The van der Waals surface area contributed by atoms with Crippen molar-refractivity contribution in [2.45, 2.75) is 6.18 Å². The number of amides is 2. The Morgan fingerprint density at radius 2 is 1.57 bits per heavy atom. The van der Waals surface area contributed by atoms with Gasteiger partial charge in [-0.15, -0.1) is 0 Å². The number of carbonyl (C=O) groups is 1. The fourth-order valence-electron chi connectivity index (χ4n) is 1.66. The summed E-state index contributed by atoms with van der Waals surface area (Å²) >= 11 is 1.87. The highest BCUT2D eigenvalue weighted by Gasteiger charge is 2.31. The van der Waals surface area contributed by atoms with Gasteiger partial charge in [0.25, 0.3) is 0 Å². The molecule has 0 fully saturated rings. The van der Waals surface area contributed by atoms with Gasteiger partial charge in [-0.1, -0.05) is 0 Å². The third-order valence-electron chi connectivity index (χ3n) is 2.72. The second-order valence-corrected chi connectivity index (χ2v) is 5.64. The van der Waals surface area contributed by atoms with Crippen molar-refractivity contribution in [1.82, 2.24) is 0 Å². The first kappa shape index (κ1) is 17.4. The van der Waals surface area contributed by atoms with E-state index in [0.717, 1.165) is 6.07 Å². The summed E-state index contributed by atoms with van der Waals surface area (Å²) in [5.41, 5.74) is -1.96. The Morgan fingerprint density at radius 3 is 2.17 bits per heavy atom. The summed E-state index contributed by atoms with van der Waals surface area (Å²) < 4.78 is 65.4. The number of hydrogen-bond donors (Lipinski definition) is 2. The van der Waals surface area contributed by atoms with Gasteiger partial charge >= 0.3 is 12.2 Å². The molecule has 0 radical (unpaired) electrons. The number of nitrogens with one attached hydrogen (secondary N) is 2. The van der Waals surface area contributed by atoms with Gasteiger partial charge in [-0.25, -0.2) is 13.6 Å². The molecule has 0 aliphatic heterocycles. The van der Waals surface area contributed by atoms with Crippen LogP contribution in [0, 0.1) is 15.2 Å². The Bertz CT molecular complexity index is 748. The molecule has 0 aliphatic carbocycles. The lowest BCUT2D eigenvalue weighted by Gasteiger charge is -2.12. The van der Waals surface area contributed by atoms with Crippen molar-refractivity contribution in [2.24, 2.45) is 0 Å². The van der Waals surface area contributed by atoms with Crippen molar-refractivity contribution < 1.29 is 26.7 Å². The van der Waals surface area contributed by atoms with Crippen LogP contribution >= 0.6 is 22.6 Å². The van der Waals surface area contributed by atoms with E-state index in [1.165, 1.54) is 12.1 Å². The van der Waals surface area contributed by atoms with E-state index in [4.69, 9.17) is 0 Å². The standard InChI is InChI=1S/C14H8F5IN2O/c15-9-3-1-7(14(17,18)19)5-12(9)22-13(23)21-11-4-2-8(20)6-10(11)16/h1-6H,(H2,21,22,23). The molecule has 2 rings (SSSR count). The lowest BCUT2D eigenvalue weighted by molar-refractivity contribution is -0.137. The van der Waals surface area contributed by atoms with Crippen LogP contribution in [-0.4, -0.2) is 6.03 Å². The number of hydrogen-bond acceptors (Lipinski definition) is 1. The van der Waals surface area contributed by atoms with E-state index in [9.17, 15) is 26.7 Å². The summed E-state index contributed by atoms with van der Waals surface area (Å²) in [6, 6.07) is 4.48. The highest BCUT2D eigenvalue weighted by molar-refractivity contribution is 14.1. The summed E-state index contributed by atoms with van der Waals surface area (Å²) in [5, 5.41) is 4.01. The van der Waals surface area contributed by atoms with Crippen molar-refractivity contribution in [2.75, 3.05) is 10.6 Å². The molecule has 23 heavy (non-hydrogen) atoms. The molecular formula is C14H8F5IN2O. The molecule has 0 spiro atoms. The van der Waals surface area contributed by atoms with Crippen LogP contribution in [-0.2, 0) is 6.18 Å². The minimum atomic E-state index is -4.68. The molecule has 0 atom stereocenters. The van der Waals surface area contributed by atoms with Gasteiger partial charge in [0.2, 0.25) is 0 Å². The van der Waals surface area contributed by atoms with Crippen molar-refractivity contribution in [3.8, 4) is 0 Å². The van der Waals surface area contributed by atoms with Gasteiger partial charge < -0.3 is 10.6 Å². The summed E-state index contributed by atoms with van der Waals surface area (Å²) in [5.74, 6) is -1.77. The molecule has 0 heterocycles. The molecule has 9 heteroatoms. The van der Waals surface area contributed by atoms with Gasteiger partial charge in [0.05, 0.1) is 16.9 Å². The van der Waals surface area contributed by atoms with Gasteiger partial charge in [0.1, 0.15) is 11.6 Å². The van der Waals surface area contributed by atoms with Crippen LogP contribution in [0.25, 0.3) is 0 Å². The molecule has 122 valence electrons. The van der Waals surface area contributed by atoms with Crippen LogP contribution in [0.15, 0.2) is 36.4 Å². The van der Waals surface area contributed by atoms with E-state index < -0.39 is 35.1 Å². The lowest BCUT2D eigenvalue weighted by atomic mass is 10.2. The third kappa shape index (κ3) is 4.53. The highest BCUT2D eigenvalue weighted by Crippen LogP contribution is 2.31. The van der Waals surface area contributed by atoms with E-state index in [0.29, 0.717) is 21.8 Å². The number of anilines is 2. The topological polar surface area (TPSA) is 41.1 Å². The number of halogens is 6. The van der Waals surface area contributed by atoms with Crippen LogP contribution in [0.1, 0.15) is 5.56 Å². The smallest absolute Gasteiger partial charge is 0.305 e. The van der Waals surface area contributed by atoms with Gasteiger partial charge in [0.15, 0.2) is 0 Å². The summed E-state index contributed by atoms with van der Waals surface area (Å²) in [6.07, 6.45) is -4.68. The first-order valence-corrected chi connectivity index (χ1v) is 7.14. The molecule has 0 aliphatic rings. The zero-order valence-corrected chi connectivity index (χ0v) is 13.3. The molecule has 2 aromatic carbocycles. The molecule has 0 saturated carbocycles. The molecule has 3 nitrogen and oxygen atoms in total. The predicted molar refractivity (Wildman–Crippen MR) is 83.2 cm³/mol. The number of carbonyl (C=O) groups excluding carboxylic acids is 1. The zero-order chi connectivity index (χ0) is 17.2. The second kappa shape index (κ2) is 6.69. The second-order valence-electron chi connectivity index (χ2n) is 4.40. The number of alkyl halides is 3. The van der Waals surface area contributed by atoms with Crippen molar-refractivity contribution in [3.63, 3.8) is 0 Å². The molecule has 0 unspecified atom stereocenters. The van der Waals surface area contributed by atoms with Gasteiger partial charge in [0, 0.05) is 3.57 Å². The Labute approximate surface area is 141 Å². The van der Waals surface area contributed by atoms with Crippen LogP contribution in [0.2, 0.25) is 0 Å². The van der Waals surface area contributed by atoms with Crippen LogP contribution < -0.4 is 10.6 Å². The summed E-state index contributed by atoms with van der Waals surface area (Å²) in [6.45, 7) is 0. The van der Waals surface area contributed by atoms with E-state index >= 15 is 0 Å². The third-order valence-corrected chi connectivity index (χ3v) is 3.39. The van der Waals surface area contributed by atoms with Crippen molar-refractivity contribution in [3.05, 3.63) is 57.2 Å².